The summed E-state index contributed by atoms with van der Waals surface area (Å²) in [4.78, 5) is 4.35. The van der Waals surface area contributed by atoms with E-state index in [1.54, 1.807) is 13.3 Å². The van der Waals surface area contributed by atoms with Gasteiger partial charge in [-0.1, -0.05) is 17.8 Å². The van der Waals surface area contributed by atoms with Gasteiger partial charge in [0.05, 0.1) is 30.9 Å². The lowest BCUT2D eigenvalue weighted by Crippen LogP contribution is -2.02. The van der Waals surface area contributed by atoms with Gasteiger partial charge in [-0.05, 0) is 18.6 Å². The highest BCUT2D eigenvalue weighted by molar-refractivity contribution is 7.99. The number of nitriles is 2. The molecule has 112 valence electrons. The summed E-state index contributed by atoms with van der Waals surface area (Å²) in [5.74, 6) is 1.27. The molecule has 0 aliphatic heterocycles. The van der Waals surface area contributed by atoms with Crippen LogP contribution < -0.4 is 4.74 Å². The first-order valence-corrected chi connectivity index (χ1v) is 7.84. The van der Waals surface area contributed by atoms with Crippen molar-refractivity contribution in [3.63, 3.8) is 0 Å². The average Bonchev–Trinajstić information content (AvgIpc) is 3.03. The number of nitrogens with zero attached hydrogens (tertiary/aromatic N) is 4. The van der Waals surface area contributed by atoms with Gasteiger partial charge < -0.3 is 4.74 Å². The molecule has 0 fully saturated rings. The van der Waals surface area contributed by atoms with Crippen molar-refractivity contribution in [1.29, 1.82) is 10.5 Å². The fourth-order valence-electron chi connectivity index (χ4n) is 1.95. The van der Waals surface area contributed by atoms with E-state index in [-0.39, 0.29) is 5.92 Å². The van der Waals surface area contributed by atoms with E-state index in [0.717, 1.165) is 16.6 Å². The molecule has 1 heterocycles. The van der Waals surface area contributed by atoms with Crippen molar-refractivity contribution >= 4 is 11.8 Å². The number of hydrogen-bond donors (Lipinski definition) is 0. The van der Waals surface area contributed by atoms with Crippen LogP contribution in [-0.4, -0.2) is 22.4 Å². The van der Waals surface area contributed by atoms with E-state index in [1.807, 2.05) is 35.0 Å². The molecule has 0 spiro atoms. The van der Waals surface area contributed by atoms with Crippen molar-refractivity contribution in [2.75, 3.05) is 12.9 Å². The molecule has 2 rings (SSSR count). The lowest BCUT2D eigenvalue weighted by Gasteiger charge is -2.10. The summed E-state index contributed by atoms with van der Waals surface area (Å²) in [7, 11) is 1.63. The Bertz CT molecular complexity index is 699. The highest BCUT2D eigenvalue weighted by atomic mass is 32.2. The van der Waals surface area contributed by atoms with Crippen LogP contribution in [0.15, 0.2) is 41.8 Å². The summed E-state index contributed by atoms with van der Waals surface area (Å²) in [6.45, 7) is 0. The van der Waals surface area contributed by atoms with Crippen LogP contribution in [0.4, 0.5) is 0 Å². The van der Waals surface area contributed by atoms with Gasteiger partial charge in [-0.3, -0.25) is 4.57 Å². The number of thioether (sulfide) groups is 1. The van der Waals surface area contributed by atoms with Gasteiger partial charge >= 0.3 is 0 Å². The van der Waals surface area contributed by atoms with Gasteiger partial charge in [-0.25, -0.2) is 4.98 Å². The summed E-state index contributed by atoms with van der Waals surface area (Å²) in [5.41, 5.74) is 0.963. The molecular weight excluding hydrogens is 296 g/mol. The molecule has 0 N–H and O–H groups in total. The van der Waals surface area contributed by atoms with Gasteiger partial charge in [0.1, 0.15) is 5.75 Å². The zero-order chi connectivity index (χ0) is 15.8. The minimum absolute atomic E-state index is 0.139. The smallest absolute Gasteiger partial charge is 0.172 e. The third-order valence-electron chi connectivity index (χ3n) is 3.14. The molecule has 0 saturated heterocycles. The first-order chi connectivity index (χ1) is 10.8. The molecular formula is C16H16N4OS. The van der Waals surface area contributed by atoms with Gasteiger partial charge in [-0.15, -0.1) is 0 Å². The molecule has 6 heteroatoms. The Morgan fingerprint density at radius 2 is 2.27 bits per heavy atom. The van der Waals surface area contributed by atoms with Crippen LogP contribution >= 0.6 is 11.8 Å². The summed E-state index contributed by atoms with van der Waals surface area (Å²) >= 11 is 1.52. The number of rotatable bonds is 7. The Kier molecular flexibility index (Phi) is 5.88. The first-order valence-electron chi connectivity index (χ1n) is 6.85. The van der Waals surface area contributed by atoms with Crippen molar-refractivity contribution < 1.29 is 4.74 Å². The zero-order valence-corrected chi connectivity index (χ0v) is 13.1. The van der Waals surface area contributed by atoms with Crippen LogP contribution in [0, 0.1) is 28.6 Å². The first kappa shape index (κ1) is 15.9. The van der Waals surface area contributed by atoms with Gasteiger partial charge in [0.15, 0.2) is 5.16 Å². The van der Waals surface area contributed by atoms with Crippen LogP contribution in [0.2, 0.25) is 0 Å². The number of imidazole rings is 1. The molecule has 2 aromatic rings. The maximum atomic E-state index is 9.12. The molecule has 0 aliphatic carbocycles. The largest absolute Gasteiger partial charge is 0.497 e. The van der Waals surface area contributed by atoms with E-state index < -0.39 is 0 Å². The number of benzene rings is 1. The van der Waals surface area contributed by atoms with Crippen molar-refractivity contribution in [3.8, 4) is 23.6 Å². The second-order valence-electron chi connectivity index (χ2n) is 4.62. The Morgan fingerprint density at radius 3 is 3.00 bits per heavy atom. The molecule has 1 atom stereocenters. The lowest BCUT2D eigenvalue weighted by atomic mass is 10.1. The summed E-state index contributed by atoms with van der Waals surface area (Å²) in [6.07, 6.45) is 4.62. The molecule has 0 unspecified atom stereocenters. The Labute approximate surface area is 134 Å². The molecule has 1 aromatic carbocycles. The van der Waals surface area contributed by atoms with Crippen molar-refractivity contribution in [2.24, 2.45) is 5.92 Å². The molecule has 1 aromatic heterocycles. The maximum Gasteiger partial charge on any atom is 0.172 e. The fourth-order valence-corrected chi connectivity index (χ4v) is 2.98. The van der Waals surface area contributed by atoms with Gasteiger partial charge in [-0.2, -0.15) is 10.5 Å². The van der Waals surface area contributed by atoms with Crippen LogP contribution in [0.25, 0.3) is 5.69 Å². The highest BCUT2D eigenvalue weighted by Gasteiger charge is 2.12. The molecule has 5 nitrogen and oxygen atoms in total. The monoisotopic (exact) mass is 312 g/mol. The second-order valence-corrected chi connectivity index (χ2v) is 5.60. The summed E-state index contributed by atoms with van der Waals surface area (Å²) in [5, 5.41) is 18.6. The van der Waals surface area contributed by atoms with E-state index in [4.69, 9.17) is 15.3 Å². The van der Waals surface area contributed by atoms with Crippen LogP contribution in [0.1, 0.15) is 12.8 Å². The van der Waals surface area contributed by atoms with E-state index in [2.05, 4.69) is 17.1 Å². The zero-order valence-electron chi connectivity index (χ0n) is 12.3. The fraction of sp³-hybridized carbons (Fsp3) is 0.312. The van der Waals surface area contributed by atoms with E-state index in [9.17, 15) is 0 Å². The van der Waals surface area contributed by atoms with Gasteiger partial charge in [0.2, 0.25) is 0 Å². The van der Waals surface area contributed by atoms with Gasteiger partial charge in [0, 0.05) is 30.6 Å². The van der Waals surface area contributed by atoms with Crippen molar-refractivity contribution in [2.45, 2.75) is 18.0 Å². The van der Waals surface area contributed by atoms with Crippen molar-refractivity contribution in [3.05, 3.63) is 36.7 Å². The van der Waals surface area contributed by atoms with Gasteiger partial charge in [0.25, 0.3) is 0 Å². The molecule has 0 bridgehead atoms. The Morgan fingerprint density at radius 1 is 1.41 bits per heavy atom. The Hall–Kier alpha value is -2.44. The van der Waals surface area contributed by atoms with Crippen LogP contribution in [0.3, 0.4) is 0 Å². The molecule has 0 aliphatic rings. The average molecular weight is 312 g/mol. The quantitative estimate of drug-likeness (QED) is 0.732. The van der Waals surface area contributed by atoms with Crippen LogP contribution in [0.5, 0.6) is 5.75 Å². The minimum atomic E-state index is -0.139. The predicted octanol–water partition coefficient (Wildman–Crippen LogP) is 3.42. The SMILES string of the molecule is COc1cccc(-n2ccnc2SC[C@H](C#N)CCC#N)c1. The molecule has 0 saturated carbocycles. The van der Waals surface area contributed by atoms with E-state index in [1.165, 1.54) is 11.8 Å². The third kappa shape index (κ3) is 4.03. The predicted molar refractivity (Wildman–Crippen MR) is 84.8 cm³/mol. The number of methoxy groups -OCH3 is 1. The molecule has 0 radical (unpaired) electrons. The minimum Gasteiger partial charge on any atom is -0.497 e. The highest BCUT2D eigenvalue weighted by Crippen LogP contribution is 2.25. The lowest BCUT2D eigenvalue weighted by molar-refractivity contribution is 0.414. The normalized spacial score (nSPS) is 11.4. The standard InChI is InChI=1S/C16H16N4OS/c1-21-15-6-2-5-14(10-15)20-9-8-19-16(20)22-12-13(11-18)4-3-7-17/h2,5-6,8-10,13H,3-4,12H2,1H3/t13-/m0/s1. The number of aromatic nitrogens is 2. The van der Waals surface area contributed by atoms with E-state index >= 15 is 0 Å². The molecule has 0 amide bonds. The number of ether oxygens (including phenoxy) is 1. The third-order valence-corrected chi connectivity index (χ3v) is 4.27. The second kappa shape index (κ2) is 8.11. The topological polar surface area (TPSA) is 74.6 Å². The Balaban J connectivity index is 2.09. The van der Waals surface area contributed by atoms with Crippen LogP contribution in [-0.2, 0) is 0 Å². The van der Waals surface area contributed by atoms with E-state index in [0.29, 0.717) is 18.6 Å². The van der Waals surface area contributed by atoms with Crippen molar-refractivity contribution in [1.82, 2.24) is 9.55 Å². The maximum absolute atomic E-state index is 9.12. The summed E-state index contributed by atoms with van der Waals surface area (Å²) in [6, 6.07) is 12.1. The summed E-state index contributed by atoms with van der Waals surface area (Å²) < 4.78 is 7.20. The molecule has 22 heavy (non-hydrogen) atoms. The number of hydrogen-bond acceptors (Lipinski definition) is 5.